The SMILES string of the molecule is COC(=O)C=C(C(=O)OC)C1(c2ccc(OC)cc2)OC(=S)n2c(C(=O)OC)c(C(=O)OC)c(C(=O)c3ccc(OC)cc3)c21. The molecule has 14 heteroatoms. The van der Waals surface area contributed by atoms with Crippen LogP contribution in [0.2, 0.25) is 0 Å². The first kappa shape index (κ1) is 32.4. The average Bonchev–Trinajstić information content (AvgIpc) is 3.59. The van der Waals surface area contributed by atoms with E-state index in [1.54, 1.807) is 0 Å². The zero-order valence-electron chi connectivity index (χ0n) is 25.0. The van der Waals surface area contributed by atoms with Gasteiger partial charge in [0, 0.05) is 17.2 Å². The molecule has 0 bridgehead atoms. The number of methoxy groups -OCH3 is 6. The van der Waals surface area contributed by atoms with Crippen molar-refractivity contribution in [3.63, 3.8) is 0 Å². The molecule has 2 aromatic carbocycles. The summed E-state index contributed by atoms with van der Waals surface area (Å²) in [5.41, 5.74) is -4.36. The zero-order chi connectivity index (χ0) is 33.1. The van der Waals surface area contributed by atoms with Gasteiger partial charge in [0.15, 0.2) is 11.5 Å². The number of benzene rings is 2. The van der Waals surface area contributed by atoms with E-state index in [1.165, 1.54) is 62.8 Å². The van der Waals surface area contributed by atoms with Crippen molar-refractivity contribution in [2.24, 2.45) is 0 Å². The predicted octanol–water partition coefficient (Wildman–Crippen LogP) is 2.99. The summed E-state index contributed by atoms with van der Waals surface area (Å²) in [6.45, 7) is 0. The minimum absolute atomic E-state index is 0.0452. The van der Waals surface area contributed by atoms with Gasteiger partial charge < -0.3 is 33.2 Å². The number of hydrogen-bond donors (Lipinski definition) is 0. The number of thiocarbonyl (C=S) groups is 1. The zero-order valence-corrected chi connectivity index (χ0v) is 25.8. The van der Waals surface area contributed by atoms with Crippen molar-refractivity contribution in [2.45, 2.75) is 5.60 Å². The third kappa shape index (κ3) is 5.40. The summed E-state index contributed by atoms with van der Waals surface area (Å²) in [5, 5.41) is -0.472. The second kappa shape index (κ2) is 13.0. The van der Waals surface area contributed by atoms with E-state index in [0.29, 0.717) is 11.5 Å². The van der Waals surface area contributed by atoms with Crippen LogP contribution in [0.3, 0.4) is 0 Å². The first-order valence-corrected chi connectivity index (χ1v) is 13.4. The van der Waals surface area contributed by atoms with Crippen molar-refractivity contribution in [3.8, 4) is 11.5 Å². The summed E-state index contributed by atoms with van der Waals surface area (Å²) in [6, 6.07) is 11.9. The monoisotopic (exact) mass is 637 g/mol. The number of esters is 4. The van der Waals surface area contributed by atoms with Crippen LogP contribution in [-0.2, 0) is 38.9 Å². The van der Waals surface area contributed by atoms with Gasteiger partial charge in [-0.05, 0) is 48.6 Å². The van der Waals surface area contributed by atoms with E-state index in [1.807, 2.05) is 0 Å². The minimum atomic E-state index is -2.28. The number of hydrogen-bond acceptors (Lipinski definition) is 13. The normalized spacial score (nSPS) is 15.3. The van der Waals surface area contributed by atoms with Gasteiger partial charge in [0.2, 0.25) is 5.60 Å². The molecule has 1 aliphatic rings. The van der Waals surface area contributed by atoms with Gasteiger partial charge >= 0.3 is 23.9 Å². The number of fused-ring (bicyclic) bond motifs is 1. The van der Waals surface area contributed by atoms with Crippen molar-refractivity contribution in [1.29, 1.82) is 0 Å². The highest BCUT2D eigenvalue weighted by Gasteiger charge is 2.58. The highest BCUT2D eigenvalue weighted by Crippen LogP contribution is 2.50. The fourth-order valence-electron chi connectivity index (χ4n) is 4.96. The van der Waals surface area contributed by atoms with E-state index in [9.17, 15) is 24.0 Å². The maximum atomic E-state index is 14.5. The second-order valence-electron chi connectivity index (χ2n) is 9.17. The molecule has 13 nitrogen and oxygen atoms in total. The quantitative estimate of drug-likeness (QED) is 0.105. The summed E-state index contributed by atoms with van der Waals surface area (Å²) in [4.78, 5) is 67.5. The Morgan fingerprint density at radius 2 is 1.29 bits per heavy atom. The molecular weight excluding hydrogens is 610 g/mol. The fraction of sp³-hybridized carbons (Fsp3) is 0.226. The lowest BCUT2D eigenvalue weighted by Crippen LogP contribution is -2.37. The average molecular weight is 638 g/mol. The lowest BCUT2D eigenvalue weighted by atomic mass is 9.79. The highest BCUT2D eigenvalue weighted by atomic mass is 32.1. The Morgan fingerprint density at radius 1 is 0.733 bits per heavy atom. The number of carbonyl (C=O) groups is 5. The Balaban J connectivity index is 2.29. The van der Waals surface area contributed by atoms with Gasteiger partial charge in [-0.25, -0.2) is 19.2 Å². The number of ketones is 1. The van der Waals surface area contributed by atoms with E-state index >= 15 is 0 Å². The number of ether oxygens (including phenoxy) is 7. The molecule has 1 aromatic heterocycles. The fourth-order valence-corrected chi connectivity index (χ4v) is 5.27. The van der Waals surface area contributed by atoms with Crippen LogP contribution >= 0.6 is 12.2 Å². The van der Waals surface area contributed by atoms with Crippen LogP contribution in [-0.4, -0.2) is 82.1 Å². The molecule has 0 N–H and O–H groups in total. The van der Waals surface area contributed by atoms with Crippen LogP contribution in [0.5, 0.6) is 11.5 Å². The Bertz CT molecular complexity index is 1740. The molecule has 1 atom stereocenters. The largest absolute Gasteiger partial charge is 0.497 e. The van der Waals surface area contributed by atoms with E-state index in [-0.39, 0.29) is 16.8 Å². The van der Waals surface area contributed by atoms with E-state index in [2.05, 4.69) is 0 Å². The Morgan fingerprint density at radius 3 is 1.78 bits per heavy atom. The minimum Gasteiger partial charge on any atom is -0.497 e. The molecule has 0 fully saturated rings. The Hall–Kier alpha value is -5.50. The molecule has 0 aliphatic carbocycles. The molecule has 4 rings (SSSR count). The van der Waals surface area contributed by atoms with E-state index in [0.717, 1.165) is 39.1 Å². The van der Waals surface area contributed by atoms with Gasteiger partial charge in [0.25, 0.3) is 5.17 Å². The highest BCUT2D eigenvalue weighted by molar-refractivity contribution is 7.80. The van der Waals surface area contributed by atoms with Gasteiger partial charge in [0.1, 0.15) is 17.1 Å². The number of nitrogens with zero attached hydrogens (tertiary/aromatic N) is 1. The van der Waals surface area contributed by atoms with Crippen LogP contribution in [0.25, 0.3) is 0 Å². The molecule has 0 saturated carbocycles. The van der Waals surface area contributed by atoms with Crippen molar-refractivity contribution < 1.29 is 57.1 Å². The molecule has 2 heterocycles. The molecule has 0 radical (unpaired) electrons. The molecule has 1 unspecified atom stereocenters. The third-order valence-corrected chi connectivity index (χ3v) is 7.29. The smallest absolute Gasteiger partial charge is 0.356 e. The Kier molecular flexibility index (Phi) is 9.37. The summed E-state index contributed by atoms with van der Waals surface area (Å²) in [5.74, 6) is -4.23. The van der Waals surface area contributed by atoms with Crippen LogP contribution < -0.4 is 9.47 Å². The van der Waals surface area contributed by atoms with E-state index < -0.39 is 62.8 Å². The molecule has 1 aliphatic heterocycles. The van der Waals surface area contributed by atoms with Crippen molar-refractivity contribution in [2.75, 3.05) is 42.7 Å². The van der Waals surface area contributed by atoms with Gasteiger partial charge in [-0.3, -0.25) is 9.36 Å². The lowest BCUT2D eigenvalue weighted by molar-refractivity contribution is -0.140. The maximum absolute atomic E-state index is 14.5. The standard InChI is InChI=1S/C31H27NO12S/c1-38-18-11-7-16(8-12-18)25(34)23-22(28(36)42-5)24(29(37)43-6)32-26(23)31(44-30(32)45,17-9-13-19(39-2)14-10-17)20(27(35)41-4)15-21(33)40-3/h7-15H,1-6H3. The predicted molar refractivity (Wildman–Crippen MR) is 159 cm³/mol. The number of rotatable bonds is 10. The summed E-state index contributed by atoms with van der Waals surface area (Å²) in [7, 11) is 7.13. The van der Waals surface area contributed by atoms with Crippen LogP contribution in [0.1, 0.15) is 48.0 Å². The molecule has 45 heavy (non-hydrogen) atoms. The van der Waals surface area contributed by atoms with Crippen LogP contribution in [0.4, 0.5) is 0 Å². The molecular formula is C31H27NO12S. The number of aromatic nitrogens is 1. The molecule has 0 spiro atoms. The number of carbonyl (C=O) groups excluding carboxylic acids is 5. The lowest BCUT2D eigenvalue weighted by Gasteiger charge is -2.31. The summed E-state index contributed by atoms with van der Waals surface area (Å²) < 4.78 is 37.6. The summed E-state index contributed by atoms with van der Waals surface area (Å²) >= 11 is 5.57. The van der Waals surface area contributed by atoms with Crippen LogP contribution in [0.15, 0.2) is 60.2 Å². The molecule has 234 valence electrons. The van der Waals surface area contributed by atoms with Gasteiger partial charge in [-0.1, -0.05) is 12.1 Å². The first-order valence-electron chi connectivity index (χ1n) is 12.9. The summed E-state index contributed by atoms with van der Waals surface area (Å²) in [6.07, 6.45) is 0.804. The maximum Gasteiger partial charge on any atom is 0.356 e. The second-order valence-corrected chi connectivity index (χ2v) is 9.52. The van der Waals surface area contributed by atoms with Gasteiger partial charge in [-0.2, -0.15) is 0 Å². The molecule has 0 amide bonds. The van der Waals surface area contributed by atoms with Gasteiger partial charge in [0.05, 0.1) is 59.5 Å². The van der Waals surface area contributed by atoms with E-state index in [4.69, 9.17) is 45.4 Å². The van der Waals surface area contributed by atoms with Crippen LogP contribution in [0, 0.1) is 0 Å². The van der Waals surface area contributed by atoms with Crippen molar-refractivity contribution in [3.05, 3.63) is 93.8 Å². The van der Waals surface area contributed by atoms with Crippen molar-refractivity contribution in [1.82, 2.24) is 4.57 Å². The van der Waals surface area contributed by atoms with Gasteiger partial charge in [-0.15, -0.1) is 0 Å². The third-order valence-electron chi connectivity index (χ3n) is 7.02. The molecule has 3 aromatic rings. The molecule has 0 saturated heterocycles. The first-order chi connectivity index (χ1) is 21.5. The Labute approximate surface area is 262 Å². The van der Waals surface area contributed by atoms with Crippen molar-refractivity contribution >= 4 is 47.1 Å². The topological polar surface area (TPSA) is 155 Å².